The predicted octanol–water partition coefficient (Wildman–Crippen LogP) is 3.86. The van der Waals surface area contributed by atoms with Crippen molar-refractivity contribution in [3.63, 3.8) is 0 Å². The molecule has 0 spiro atoms. The number of rotatable bonds is 6. The maximum absolute atomic E-state index is 11.6. The number of nitro benzene ring substituents is 1. The molecule has 7 heteroatoms. The Hall–Kier alpha value is -0.950. The number of anilines is 1. The van der Waals surface area contributed by atoms with Crippen molar-refractivity contribution in [3.8, 4) is 0 Å². The third kappa shape index (κ3) is 4.73. The minimum atomic E-state index is -0.493. The smallest absolute Gasteiger partial charge is 0.271 e. The van der Waals surface area contributed by atoms with E-state index >= 15 is 0 Å². The van der Waals surface area contributed by atoms with Gasteiger partial charge >= 0.3 is 0 Å². The quantitative estimate of drug-likeness (QED) is 0.353. The molecule has 1 amide bonds. The molecule has 18 heavy (non-hydrogen) atoms. The second kappa shape index (κ2) is 7.48. The van der Waals surface area contributed by atoms with Crippen LogP contribution in [0, 0.1) is 10.1 Å². The van der Waals surface area contributed by atoms with Gasteiger partial charge in [0.05, 0.1) is 10.6 Å². The number of hydrogen-bond acceptors (Lipinski definition) is 3. The van der Waals surface area contributed by atoms with E-state index in [0.29, 0.717) is 16.6 Å². The molecule has 0 radical (unpaired) electrons. The van der Waals surface area contributed by atoms with Crippen LogP contribution in [0.4, 0.5) is 11.4 Å². The SMILES string of the molecule is O=C(CCCCBr)Nc1cc([N+](=O)[O-])ccc1Br. The van der Waals surface area contributed by atoms with E-state index in [4.69, 9.17) is 0 Å². The zero-order chi connectivity index (χ0) is 13.5. The lowest BCUT2D eigenvalue weighted by molar-refractivity contribution is -0.384. The monoisotopic (exact) mass is 378 g/mol. The van der Waals surface area contributed by atoms with Gasteiger partial charge < -0.3 is 5.32 Å². The van der Waals surface area contributed by atoms with Crippen LogP contribution >= 0.6 is 31.9 Å². The number of nitrogens with zero attached hydrogens (tertiary/aromatic N) is 1. The Morgan fingerprint density at radius 2 is 2.11 bits per heavy atom. The number of benzene rings is 1. The molecule has 1 aromatic rings. The Morgan fingerprint density at radius 3 is 2.72 bits per heavy atom. The first-order valence-electron chi connectivity index (χ1n) is 5.34. The van der Waals surface area contributed by atoms with Gasteiger partial charge in [-0.25, -0.2) is 0 Å². The summed E-state index contributed by atoms with van der Waals surface area (Å²) < 4.78 is 0.627. The number of halogens is 2. The second-order valence-electron chi connectivity index (χ2n) is 3.62. The molecule has 0 fully saturated rings. The molecular weight excluding hydrogens is 368 g/mol. The summed E-state index contributed by atoms with van der Waals surface area (Å²) in [6.45, 7) is 0. The van der Waals surface area contributed by atoms with Crippen molar-refractivity contribution >= 4 is 49.1 Å². The van der Waals surface area contributed by atoms with E-state index in [1.54, 1.807) is 6.07 Å². The maximum Gasteiger partial charge on any atom is 0.271 e. The van der Waals surface area contributed by atoms with Gasteiger partial charge in [0.2, 0.25) is 5.91 Å². The van der Waals surface area contributed by atoms with Crippen LogP contribution < -0.4 is 5.32 Å². The summed E-state index contributed by atoms with van der Waals surface area (Å²) >= 11 is 6.53. The third-order valence-corrected chi connectivity index (χ3v) is 3.47. The topological polar surface area (TPSA) is 72.2 Å². The molecule has 98 valence electrons. The molecule has 1 aromatic carbocycles. The summed E-state index contributed by atoms with van der Waals surface area (Å²) in [6.07, 6.45) is 2.11. The van der Waals surface area contributed by atoms with E-state index in [1.807, 2.05) is 0 Å². The minimum absolute atomic E-state index is 0.0473. The molecule has 5 nitrogen and oxygen atoms in total. The van der Waals surface area contributed by atoms with Gasteiger partial charge in [-0.15, -0.1) is 0 Å². The van der Waals surface area contributed by atoms with Crippen molar-refractivity contribution in [3.05, 3.63) is 32.8 Å². The first-order chi connectivity index (χ1) is 8.54. The zero-order valence-corrected chi connectivity index (χ0v) is 12.7. The summed E-state index contributed by atoms with van der Waals surface area (Å²) in [5, 5.41) is 14.2. The van der Waals surface area contributed by atoms with Gasteiger partial charge in [-0.3, -0.25) is 14.9 Å². The second-order valence-corrected chi connectivity index (χ2v) is 5.26. The van der Waals surface area contributed by atoms with Crippen molar-refractivity contribution < 1.29 is 9.72 Å². The van der Waals surface area contributed by atoms with Crippen molar-refractivity contribution in [2.24, 2.45) is 0 Å². The van der Waals surface area contributed by atoms with E-state index < -0.39 is 4.92 Å². The molecule has 1 N–H and O–H groups in total. The number of hydrogen-bond donors (Lipinski definition) is 1. The molecule has 0 aliphatic rings. The highest BCUT2D eigenvalue weighted by Crippen LogP contribution is 2.27. The Labute approximate surface area is 121 Å². The lowest BCUT2D eigenvalue weighted by Crippen LogP contribution is -2.11. The average molecular weight is 380 g/mol. The Morgan fingerprint density at radius 1 is 1.39 bits per heavy atom. The van der Waals surface area contributed by atoms with Crippen molar-refractivity contribution in [1.29, 1.82) is 0 Å². The highest BCUT2D eigenvalue weighted by molar-refractivity contribution is 9.10. The summed E-state index contributed by atoms with van der Waals surface area (Å²) in [5.41, 5.74) is 0.377. The van der Waals surface area contributed by atoms with Crippen LogP contribution in [0.1, 0.15) is 19.3 Å². The summed E-state index contributed by atoms with van der Waals surface area (Å²) in [7, 11) is 0. The zero-order valence-electron chi connectivity index (χ0n) is 9.49. The van der Waals surface area contributed by atoms with Gasteiger partial charge in [0, 0.05) is 28.4 Å². The van der Waals surface area contributed by atoms with Gasteiger partial charge in [-0.1, -0.05) is 15.9 Å². The Kier molecular flexibility index (Phi) is 6.28. The molecule has 0 saturated heterocycles. The van der Waals surface area contributed by atoms with Crippen LogP contribution in [0.3, 0.4) is 0 Å². The lowest BCUT2D eigenvalue weighted by Gasteiger charge is -2.06. The molecule has 0 atom stereocenters. The maximum atomic E-state index is 11.6. The van der Waals surface area contributed by atoms with Crippen molar-refractivity contribution in [1.82, 2.24) is 0 Å². The van der Waals surface area contributed by atoms with E-state index in [0.717, 1.165) is 18.2 Å². The van der Waals surface area contributed by atoms with E-state index in [1.165, 1.54) is 12.1 Å². The molecular formula is C11H12Br2N2O3. The number of carbonyl (C=O) groups excluding carboxylic acids is 1. The molecule has 0 unspecified atom stereocenters. The highest BCUT2D eigenvalue weighted by atomic mass is 79.9. The number of carbonyl (C=O) groups is 1. The first-order valence-corrected chi connectivity index (χ1v) is 7.26. The van der Waals surface area contributed by atoms with Crippen LogP contribution in [-0.4, -0.2) is 16.2 Å². The van der Waals surface area contributed by atoms with Crippen LogP contribution in [0.15, 0.2) is 22.7 Å². The van der Waals surface area contributed by atoms with Crippen LogP contribution in [0.5, 0.6) is 0 Å². The van der Waals surface area contributed by atoms with Gasteiger partial charge in [0.25, 0.3) is 5.69 Å². The molecule has 0 bridgehead atoms. The Balaban J connectivity index is 2.68. The number of non-ortho nitro benzene ring substituents is 1. The number of alkyl halides is 1. The predicted molar refractivity (Wildman–Crippen MR) is 77.1 cm³/mol. The summed E-state index contributed by atoms with van der Waals surface area (Å²) in [4.78, 5) is 21.7. The van der Waals surface area contributed by atoms with E-state index in [-0.39, 0.29) is 11.6 Å². The standard InChI is InChI=1S/C11H12Br2N2O3/c12-6-2-1-3-11(16)14-10-7-8(15(17)18)4-5-9(10)13/h4-5,7H,1-3,6H2,(H,14,16). The average Bonchev–Trinajstić information content (AvgIpc) is 2.32. The Bertz CT molecular complexity index is 452. The number of unbranched alkanes of at least 4 members (excludes halogenated alkanes) is 1. The van der Waals surface area contributed by atoms with E-state index in [2.05, 4.69) is 37.2 Å². The van der Waals surface area contributed by atoms with Crippen LogP contribution in [-0.2, 0) is 4.79 Å². The van der Waals surface area contributed by atoms with Crippen molar-refractivity contribution in [2.75, 3.05) is 10.6 Å². The largest absolute Gasteiger partial charge is 0.325 e. The number of nitro groups is 1. The molecule has 0 saturated carbocycles. The summed E-state index contributed by atoms with van der Waals surface area (Å²) in [5.74, 6) is -0.142. The fourth-order valence-electron chi connectivity index (χ4n) is 1.32. The van der Waals surface area contributed by atoms with Crippen molar-refractivity contribution in [2.45, 2.75) is 19.3 Å². The van der Waals surface area contributed by atoms with Crippen LogP contribution in [0.2, 0.25) is 0 Å². The number of amides is 1. The summed E-state index contributed by atoms with van der Waals surface area (Å²) in [6, 6.07) is 4.27. The van der Waals surface area contributed by atoms with Gasteiger partial charge in [-0.2, -0.15) is 0 Å². The number of nitrogens with one attached hydrogen (secondary N) is 1. The lowest BCUT2D eigenvalue weighted by atomic mass is 10.2. The van der Waals surface area contributed by atoms with Gasteiger partial charge in [0.15, 0.2) is 0 Å². The normalized spacial score (nSPS) is 10.1. The molecule has 0 heterocycles. The van der Waals surface area contributed by atoms with E-state index in [9.17, 15) is 14.9 Å². The third-order valence-electron chi connectivity index (χ3n) is 2.22. The molecule has 1 rings (SSSR count). The molecule has 0 aromatic heterocycles. The van der Waals surface area contributed by atoms with Gasteiger partial charge in [0.1, 0.15) is 0 Å². The fraction of sp³-hybridized carbons (Fsp3) is 0.364. The fourth-order valence-corrected chi connectivity index (χ4v) is 2.06. The molecule has 0 aliphatic carbocycles. The van der Waals surface area contributed by atoms with Crippen LogP contribution in [0.25, 0.3) is 0 Å². The molecule has 0 aliphatic heterocycles. The first kappa shape index (κ1) is 15.1. The van der Waals surface area contributed by atoms with Gasteiger partial charge in [-0.05, 0) is 34.8 Å². The highest BCUT2D eigenvalue weighted by Gasteiger charge is 2.11. The minimum Gasteiger partial charge on any atom is -0.325 e.